The molecule has 0 aliphatic carbocycles. The van der Waals surface area contributed by atoms with E-state index in [0.29, 0.717) is 46.0 Å². The molecule has 2 aliphatic heterocycles. The van der Waals surface area contributed by atoms with Gasteiger partial charge in [0.05, 0.1) is 27.2 Å². The number of benzene rings is 4. The smallest absolute Gasteiger partial charge is 0.294 e. The molecule has 4 aromatic rings. The number of nitrogens with zero attached hydrogens (tertiary/aromatic N) is 1. The molecule has 1 atom stereocenters. The van der Waals surface area contributed by atoms with E-state index in [1.807, 2.05) is 57.2 Å². The molecule has 6 rings (SSSR count). The minimum atomic E-state index is -1.55. The molecular weight excluding hydrogens is 616 g/mol. The molecule has 4 aromatic carbocycles. The van der Waals surface area contributed by atoms with Gasteiger partial charge in [-0.05, 0) is 61.2 Å². The highest BCUT2D eigenvalue weighted by Crippen LogP contribution is 2.58. The largest absolute Gasteiger partial charge is 0.496 e. The maximum absolute atomic E-state index is 12.3. The maximum Gasteiger partial charge on any atom is 0.294 e. The maximum atomic E-state index is 12.3. The van der Waals surface area contributed by atoms with Gasteiger partial charge in [0.25, 0.3) is 6.47 Å². The predicted octanol–water partition coefficient (Wildman–Crippen LogP) is 10.2. The fourth-order valence-electron chi connectivity index (χ4n) is 5.86. The molecule has 0 spiro atoms. The van der Waals surface area contributed by atoms with Crippen molar-refractivity contribution in [3.05, 3.63) is 108 Å². The van der Waals surface area contributed by atoms with Crippen molar-refractivity contribution in [1.29, 1.82) is 0 Å². The van der Waals surface area contributed by atoms with Crippen molar-refractivity contribution in [2.45, 2.75) is 39.7 Å². The lowest BCUT2D eigenvalue weighted by molar-refractivity contribution is -0.137. The summed E-state index contributed by atoms with van der Waals surface area (Å²) in [5.74, 6) is 1.54. The van der Waals surface area contributed by atoms with Crippen molar-refractivity contribution in [3.63, 3.8) is 0 Å². The van der Waals surface area contributed by atoms with Crippen LogP contribution in [0.3, 0.4) is 0 Å². The van der Waals surface area contributed by atoms with Gasteiger partial charge in [-0.25, -0.2) is 0 Å². The second-order valence-electron chi connectivity index (χ2n) is 9.78. The summed E-state index contributed by atoms with van der Waals surface area (Å²) in [6, 6.07) is 17.8. The number of ether oxygens (including phenoxy) is 3. The summed E-state index contributed by atoms with van der Waals surface area (Å²) >= 11 is 26.6. The van der Waals surface area contributed by atoms with Crippen LogP contribution in [0.5, 0.6) is 17.2 Å². The molecule has 2 heterocycles. The third-order valence-electron chi connectivity index (χ3n) is 7.72. The topological polar surface area (TPSA) is 48.0 Å². The van der Waals surface area contributed by atoms with E-state index in [-0.39, 0.29) is 20.1 Å². The number of para-hydroxylation sites is 1. The van der Waals surface area contributed by atoms with Gasteiger partial charge < -0.3 is 19.1 Å². The first-order valence-electron chi connectivity index (χ1n) is 13.5. The average Bonchev–Trinajstić information content (AvgIpc) is 3.44. The van der Waals surface area contributed by atoms with Gasteiger partial charge in [-0.15, -0.1) is 0 Å². The van der Waals surface area contributed by atoms with Crippen molar-refractivity contribution in [3.8, 4) is 17.2 Å². The molecule has 2 aliphatic rings. The van der Waals surface area contributed by atoms with Crippen LogP contribution in [0.4, 0.5) is 11.4 Å². The van der Waals surface area contributed by atoms with E-state index in [2.05, 4.69) is 17.0 Å². The van der Waals surface area contributed by atoms with Gasteiger partial charge in [0.15, 0.2) is 5.60 Å². The Bertz CT molecular complexity index is 1680. The van der Waals surface area contributed by atoms with Gasteiger partial charge in [0.1, 0.15) is 17.2 Å². The van der Waals surface area contributed by atoms with Crippen LogP contribution in [0.2, 0.25) is 20.1 Å². The fourth-order valence-corrected chi connectivity index (χ4v) is 6.94. The zero-order chi connectivity index (χ0) is 30.3. The third kappa shape index (κ3) is 4.58. The van der Waals surface area contributed by atoms with Crippen LogP contribution >= 0.6 is 46.4 Å². The summed E-state index contributed by atoms with van der Waals surface area (Å²) in [7, 11) is 1.59. The van der Waals surface area contributed by atoms with Crippen LogP contribution in [0.1, 0.15) is 47.2 Å². The number of hydrogen-bond donors (Lipinski definition) is 0. The van der Waals surface area contributed by atoms with E-state index < -0.39 is 5.60 Å². The van der Waals surface area contributed by atoms with Crippen molar-refractivity contribution in [1.82, 2.24) is 0 Å². The molecule has 0 bridgehead atoms. The minimum Gasteiger partial charge on any atom is -0.496 e. The summed E-state index contributed by atoms with van der Waals surface area (Å²) in [5.41, 5.74) is 4.63. The monoisotopic (exact) mass is 643 g/mol. The van der Waals surface area contributed by atoms with E-state index in [4.69, 9.17) is 60.6 Å². The Balaban J connectivity index is 0.00000173. The molecule has 0 aromatic heterocycles. The second-order valence-corrected chi connectivity index (χ2v) is 11.3. The number of carbonyl (C=O) groups excluding carboxylic acids is 1. The Hall–Kier alpha value is -3.09. The number of carbonyl (C=O) groups is 1. The molecule has 1 unspecified atom stereocenters. The molecule has 0 saturated heterocycles. The highest BCUT2D eigenvalue weighted by atomic mass is 35.5. The molecule has 218 valence electrons. The molecule has 0 amide bonds. The second kappa shape index (κ2) is 11.9. The number of rotatable bonds is 5. The van der Waals surface area contributed by atoms with Crippen LogP contribution < -0.4 is 14.4 Å². The van der Waals surface area contributed by atoms with E-state index in [9.17, 15) is 4.79 Å². The molecule has 5 nitrogen and oxygen atoms in total. The lowest BCUT2D eigenvalue weighted by Crippen LogP contribution is -2.37. The van der Waals surface area contributed by atoms with Crippen LogP contribution in [-0.2, 0) is 21.6 Å². The summed E-state index contributed by atoms with van der Waals surface area (Å²) in [6.45, 7) is 8.88. The van der Waals surface area contributed by atoms with Crippen LogP contribution in [0.25, 0.3) is 0 Å². The molecule has 9 heteroatoms. The number of hydrogen-bond acceptors (Lipinski definition) is 5. The molecule has 0 fully saturated rings. The quantitative estimate of drug-likeness (QED) is 0.123. The van der Waals surface area contributed by atoms with Gasteiger partial charge in [-0.3, -0.25) is 4.79 Å². The number of halogens is 4. The first kappa shape index (κ1) is 30.4. The lowest BCUT2D eigenvalue weighted by atomic mass is 9.75. The summed E-state index contributed by atoms with van der Waals surface area (Å²) in [6.07, 6.45) is 0.933. The van der Waals surface area contributed by atoms with E-state index >= 15 is 0 Å². The first-order chi connectivity index (χ1) is 20.2. The standard InChI is InChI=1S/C31H23Cl4NO4.C2H6/c1-16-12-21-25(14-23(16)38-3)40-24-13-19(36-11-10-18-6-4-5-7-22(18)36)8-9-20(24)31(21,39-15-37)26-17(2)27(32)29(34)30(35)28(26)33;1-2/h4-9,12-15H,10-11H2,1-3H3;1-2H3. The first-order valence-corrected chi connectivity index (χ1v) is 15.1. The Labute approximate surface area is 265 Å². The normalized spacial score (nSPS) is 16.4. The number of methoxy groups -OCH3 is 1. The van der Waals surface area contributed by atoms with Crippen molar-refractivity contribution < 1.29 is 19.0 Å². The highest BCUT2D eigenvalue weighted by Gasteiger charge is 2.50. The van der Waals surface area contributed by atoms with Crippen LogP contribution in [0.15, 0.2) is 54.6 Å². The molecule has 0 saturated carbocycles. The molecule has 42 heavy (non-hydrogen) atoms. The summed E-state index contributed by atoms with van der Waals surface area (Å²) in [4.78, 5) is 14.6. The third-order valence-corrected chi connectivity index (χ3v) is 9.61. The highest BCUT2D eigenvalue weighted by molar-refractivity contribution is 6.52. The fraction of sp³-hybridized carbons (Fsp3) is 0.242. The van der Waals surface area contributed by atoms with Crippen molar-refractivity contribution >= 4 is 64.3 Å². The van der Waals surface area contributed by atoms with E-state index in [0.717, 1.165) is 29.9 Å². The lowest BCUT2D eigenvalue weighted by Gasteiger charge is -2.41. The van der Waals surface area contributed by atoms with Gasteiger partial charge in [-0.1, -0.05) is 78.5 Å². The molecule has 0 N–H and O–H groups in total. The number of aryl methyl sites for hydroxylation is 1. The van der Waals surface area contributed by atoms with Crippen molar-refractivity contribution in [2.24, 2.45) is 0 Å². The molecule has 0 radical (unpaired) electrons. The molecular formula is C33H29Cl4NO4. The van der Waals surface area contributed by atoms with E-state index in [1.54, 1.807) is 20.1 Å². The zero-order valence-electron chi connectivity index (χ0n) is 23.8. The van der Waals surface area contributed by atoms with Gasteiger partial charge in [0.2, 0.25) is 0 Å². The Kier molecular flexibility index (Phi) is 8.60. The van der Waals surface area contributed by atoms with E-state index in [1.165, 1.54) is 5.56 Å². The SMILES string of the molecule is CC.COc1cc2c(cc1C)C(OC=O)(c1c(C)c(Cl)c(Cl)c(Cl)c1Cl)c1ccc(N3CCc4ccccc43)cc1O2. The number of fused-ring (bicyclic) bond motifs is 3. The minimum absolute atomic E-state index is 0.0629. The predicted molar refractivity (Wildman–Crippen MR) is 171 cm³/mol. The van der Waals surface area contributed by atoms with Crippen LogP contribution in [0, 0.1) is 13.8 Å². The zero-order valence-corrected chi connectivity index (χ0v) is 26.8. The van der Waals surface area contributed by atoms with Gasteiger partial charge >= 0.3 is 0 Å². The summed E-state index contributed by atoms with van der Waals surface area (Å²) < 4.78 is 18.2. The summed E-state index contributed by atoms with van der Waals surface area (Å²) in [5, 5.41) is 0.524. The van der Waals surface area contributed by atoms with Gasteiger partial charge in [0, 0.05) is 46.7 Å². The Morgan fingerprint density at radius 1 is 0.881 bits per heavy atom. The Morgan fingerprint density at radius 3 is 2.29 bits per heavy atom. The Morgan fingerprint density at radius 2 is 1.57 bits per heavy atom. The number of anilines is 2. The average molecular weight is 645 g/mol. The van der Waals surface area contributed by atoms with Gasteiger partial charge in [-0.2, -0.15) is 0 Å². The van der Waals surface area contributed by atoms with Crippen LogP contribution in [-0.4, -0.2) is 20.1 Å². The van der Waals surface area contributed by atoms with Crippen molar-refractivity contribution in [2.75, 3.05) is 18.6 Å².